The Balaban J connectivity index is 1.42. The Morgan fingerprint density at radius 1 is 1.03 bits per heavy atom. The number of hydrogen-bond acceptors (Lipinski definition) is 4. The summed E-state index contributed by atoms with van der Waals surface area (Å²) in [5.41, 5.74) is 3.02. The summed E-state index contributed by atoms with van der Waals surface area (Å²) in [6, 6.07) is 15.7. The second-order valence-corrected chi connectivity index (χ2v) is 8.38. The van der Waals surface area contributed by atoms with E-state index < -0.39 is 0 Å². The second kappa shape index (κ2) is 8.38. The maximum Gasteiger partial charge on any atom is 0.227 e. The summed E-state index contributed by atoms with van der Waals surface area (Å²) in [5.74, 6) is 1.22. The van der Waals surface area contributed by atoms with Crippen LogP contribution in [0, 0.1) is 0 Å². The Kier molecular flexibility index (Phi) is 5.46. The zero-order valence-electron chi connectivity index (χ0n) is 16.8. The molecule has 1 atom stereocenters. The number of carbonyl (C=O) groups excluding carboxylic acids is 1. The molecule has 2 aromatic carbocycles. The molecular formula is C23H25ClN4O2. The van der Waals surface area contributed by atoms with Crippen LogP contribution in [-0.2, 0) is 16.1 Å². The molecule has 3 heterocycles. The summed E-state index contributed by atoms with van der Waals surface area (Å²) in [7, 11) is 0. The molecule has 2 saturated heterocycles. The molecule has 2 aliphatic heterocycles. The van der Waals surface area contributed by atoms with Crippen LogP contribution in [-0.4, -0.2) is 59.8 Å². The molecule has 1 unspecified atom stereocenters. The smallest absolute Gasteiger partial charge is 0.227 e. The largest absolute Gasteiger partial charge is 0.379 e. The number of halogens is 1. The number of benzene rings is 2. The number of ether oxygens (including phenoxy) is 1. The summed E-state index contributed by atoms with van der Waals surface area (Å²) >= 11 is 6.02. The molecule has 3 aromatic rings. The molecule has 5 rings (SSSR count). The lowest BCUT2D eigenvalue weighted by molar-refractivity contribution is -0.117. The van der Waals surface area contributed by atoms with Gasteiger partial charge in [0.05, 0.1) is 24.2 Å². The van der Waals surface area contributed by atoms with E-state index in [1.54, 1.807) is 0 Å². The minimum atomic E-state index is 0.0743. The van der Waals surface area contributed by atoms with E-state index in [1.807, 2.05) is 35.2 Å². The number of rotatable bonds is 5. The first-order valence-electron chi connectivity index (χ1n) is 10.5. The Morgan fingerprint density at radius 2 is 1.80 bits per heavy atom. The van der Waals surface area contributed by atoms with Crippen LogP contribution < -0.4 is 4.90 Å². The third-order valence-corrected chi connectivity index (χ3v) is 6.31. The first-order valence-corrected chi connectivity index (χ1v) is 10.9. The van der Waals surface area contributed by atoms with Gasteiger partial charge in [-0.25, -0.2) is 4.98 Å². The van der Waals surface area contributed by atoms with Gasteiger partial charge in [0.25, 0.3) is 0 Å². The molecule has 0 aliphatic carbocycles. The van der Waals surface area contributed by atoms with E-state index in [4.69, 9.17) is 21.3 Å². The van der Waals surface area contributed by atoms with Crippen molar-refractivity contribution in [3.05, 3.63) is 59.4 Å². The number of nitrogens with zero attached hydrogens (tertiary/aromatic N) is 4. The fourth-order valence-corrected chi connectivity index (χ4v) is 4.58. The highest BCUT2D eigenvalue weighted by molar-refractivity contribution is 6.30. The average molecular weight is 425 g/mol. The van der Waals surface area contributed by atoms with Gasteiger partial charge < -0.3 is 14.2 Å². The van der Waals surface area contributed by atoms with Crippen LogP contribution >= 0.6 is 11.6 Å². The van der Waals surface area contributed by atoms with Crippen molar-refractivity contribution in [1.82, 2.24) is 14.5 Å². The number of para-hydroxylation sites is 2. The van der Waals surface area contributed by atoms with E-state index in [-0.39, 0.29) is 11.8 Å². The number of imidazole rings is 1. The Hall–Kier alpha value is -2.41. The van der Waals surface area contributed by atoms with Crippen LogP contribution in [0.25, 0.3) is 11.0 Å². The van der Waals surface area contributed by atoms with Crippen molar-refractivity contribution in [2.24, 2.45) is 0 Å². The van der Waals surface area contributed by atoms with Gasteiger partial charge in [0, 0.05) is 55.8 Å². The van der Waals surface area contributed by atoms with Crippen molar-refractivity contribution in [1.29, 1.82) is 0 Å². The van der Waals surface area contributed by atoms with E-state index in [0.29, 0.717) is 18.0 Å². The fourth-order valence-electron chi connectivity index (χ4n) is 4.46. The zero-order valence-corrected chi connectivity index (χ0v) is 17.6. The molecular weight excluding hydrogens is 400 g/mol. The number of anilines is 1. The fraction of sp³-hybridized carbons (Fsp3) is 0.391. The van der Waals surface area contributed by atoms with Crippen molar-refractivity contribution in [2.45, 2.75) is 18.9 Å². The van der Waals surface area contributed by atoms with Crippen molar-refractivity contribution < 1.29 is 9.53 Å². The normalized spacial score (nSPS) is 20.4. The van der Waals surface area contributed by atoms with Gasteiger partial charge in [0.15, 0.2) is 0 Å². The first-order chi connectivity index (χ1) is 14.7. The molecule has 7 heteroatoms. The highest BCUT2D eigenvalue weighted by Crippen LogP contribution is 2.33. The van der Waals surface area contributed by atoms with Gasteiger partial charge in [-0.1, -0.05) is 23.7 Å². The van der Waals surface area contributed by atoms with Crippen molar-refractivity contribution in [3.8, 4) is 0 Å². The standard InChI is InChI=1S/C23H25ClN4O2/c24-18-5-7-19(8-6-18)28-16-17(15-22(28)29)23-25-20-3-1-2-4-21(20)27(23)10-9-26-11-13-30-14-12-26/h1-8,17H,9-16H2. The van der Waals surface area contributed by atoms with E-state index >= 15 is 0 Å². The van der Waals surface area contributed by atoms with Crippen molar-refractivity contribution >= 4 is 34.2 Å². The minimum Gasteiger partial charge on any atom is -0.379 e. The third kappa shape index (κ3) is 3.83. The van der Waals surface area contributed by atoms with Crippen molar-refractivity contribution in [2.75, 3.05) is 44.3 Å². The highest BCUT2D eigenvalue weighted by Gasteiger charge is 2.34. The second-order valence-electron chi connectivity index (χ2n) is 7.95. The number of hydrogen-bond donors (Lipinski definition) is 0. The molecule has 0 bridgehead atoms. The van der Waals surface area contributed by atoms with Gasteiger partial charge >= 0.3 is 0 Å². The van der Waals surface area contributed by atoms with Crippen molar-refractivity contribution in [3.63, 3.8) is 0 Å². The molecule has 1 aromatic heterocycles. The summed E-state index contributed by atoms with van der Waals surface area (Å²) < 4.78 is 7.79. The quantitative estimate of drug-likeness (QED) is 0.628. The molecule has 0 saturated carbocycles. The van der Waals surface area contributed by atoms with Gasteiger partial charge in [-0.05, 0) is 36.4 Å². The van der Waals surface area contributed by atoms with E-state index in [2.05, 4.69) is 27.7 Å². The average Bonchev–Trinajstić information content (AvgIpc) is 3.34. The van der Waals surface area contributed by atoms with Gasteiger partial charge in [0.2, 0.25) is 5.91 Å². The van der Waals surface area contributed by atoms with Gasteiger partial charge in [-0.15, -0.1) is 0 Å². The number of aromatic nitrogens is 2. The molecule has 1 amide bonds. The lowest BCUT2D eigenvalue weighted by atomic mass is 10.1. The molecule has 156 valence electrons. The van der Waals surface area contributed by atoms with Crippen LogP contribution in [0.15, 0.2) is 48.5 Å². The molecule has 2 aliphatic rings. The maximum absolute atomic E-state index is 12.8. The number of carbonyl (C=O) groups is 1. The van der Waals surface area contributed by atoms with E-state index in [0.717, 1.165) is 61.9 Å². The highest BCUT2D eigenvalue weighted by atomic mass is 35.5. The predicted octanol–water partition coefficient (Wildman–Crippen LogP) is 3.54. The summed E-state index contributed by atoms with van der Waals surface area (Å²) in [5, 5.41) is 0.673. The minimum absolute atomic E-state index is 0.0743. The summed E-state index contributed by atoms with van der Waals surface area (Å²) in [6.45, 7) is 5.99. The predicted molar refractivity (Wildman–Crippen MR) is 118 cm³/mol. The lowest BCUT2D eigenvalue weighted by Crippen LogP contribution is -2.38. The Morgan fingerprint density at radius 3 is 2.60 bits per heavy atom. The SMILES string of the molecule is O=C1CC(c2nc3ccccc3n2CCN2CCOCC2)CN1c1ccc(Cl)cc1. The number of fused-ring (bicyclic) bond motifs is 1. The third-order valence-electron chi connectivity index (χ3n) is 6.06. The first kappa shape index (κ1) is 19.5. The van der Waals surface area contributed by atoms with Crippen LogP contribution in [0.5, 0.6) is 0 Å². The monoisotopic (exact) mass is 424 g/mol. The topological polar surface area (TPSA) is 50.6 Å². The van der Waals surface area contributed by atoms with Gasteiger partial charge in [0.1, 0.15) is 5.82 Å². The maximum atomic E-state index is 12.8. The van der Waals surface area contributed by atoms with E-state index in [9.17, 15) is 4.79 Å². The van der Waals surface area contributed by atoms with Crippen LogP contribution in [0.3, 0.4) is 0 Å². The van der Waals surface area contributed by atoms with Gasteiger partial charge in [-0.3, -0.25) is 9.69 Å². The molecule has 30 heavy (non-hydrogen) atoms. The van der Waals surface area contributed by atoms with Crippen LogP contribution in [0.4, 0.5) is 5.69 Å². The number of amides is 1. The molecule has 0 radical (unpaired) electrons. The van der Waals surface area contributed by atoms with Gasteiger partial charge in [-0.2, -0.15) is 0 Å². The number of morpholine rings is 1. The molecule has 2 fully saturated rings. The Bertz CT molecular complexity index is 1040. The van der Waals surface area contributed by atoms with Crippen LogP contribution in [0.1, 0.15) is 18.2 Å². The molecule has 6 nitrogen and oxygen atoms in total. The summed E-state index contributed by atoms with van der Waals surface area (Å²) in [4.78, 5) is 22.0. The lowest BCUT2D eigenvalue weighted by Gasteiger charge is -2.27. The Labute approximate surface area is 181 Å². The van der Waals surface area contributed by atoms with E-state index in [1.165, 1.54) is 0 Å². The van der Waals surface area contributed by atoms with Crippen LogP contribution in [0.2, 0.25) is 5.02 Å². The zero-order chi connectivity index (χ0) is 20.5. The molecule has 0 N–H and O–H groups in total. The molecule has 0 spiro atoms. The summed E-state index contributed by atoms with van der Waals surface area (Å²) in [6.07, 6.45) is 0.476.